The summed E-state index contributed by atoms with van der Waals surface area (Å²) in [5.74, 6) is -0.227. The number of hydrogen-bond donors (Lipinski definition) is 1. The van der Waals surface area contributed by atoms with Crippen LogP contribution >= 0.6 is 11.8 Å². The van der Waals surface area contributed by atoms with E-state index in [2.05, 4.69) is 15.5 Å². The van der Waals surface area contributed by atoms with Crippen LogP contribution in [0.15, 0.2) is 53.7 Å². The second kappa shape index (κ2) is 9.61. The van der Waals surface area contributed by atoms with Crippen LogP contribution < -0.4 is 5.32 Å². The number of halogens is 2. The molecule has 1 saturated carbocycles. The van der Waals surface area contributed by atoms with Crippen LogP contribution in [0.1, 0.15) is 36.5 Å². The van der Waals surface area contributed by atoms with Crippen molar-refractivity contribution in [2.24, 2.45) is 0 Å². The number of carbonyl (C=O) groups is 1. The molecule has 1 amide bonds. The van der Waals surface area contributed by atoms with Gasteiger partial charge in [0.2, 0.25) is 5.91 Å². The van der Waals surface area contributed by atoms with E-state index in [4.69, 9.17) is 4.74 Å². The zero-order valence-corrected chi connectivity index (χ0v) is 18.7. The highest BCUT2D eigenvalue weighted by molar-refractivity contribution is 8.00. The molecular weight excluding hydrogens is 446 g/mol. The lowest BCUT2D eigenvalue weighted by Gasteiger charge is -2.19. The van der Waals surface area contributed by atoms with Gasteiger partial charge in [-0.25, -0.2) is 8.78 Å². The quantitative estimate of drug-likeness (QED) is 0.491. The minimum atomic E-state index is -0.611. The maximum atomic E-state index is 13.5. The van der Waals surface area contributed by atoms with Gasteiger partial charge in [-0.15, -0.1) is 10.2 Å². The number of amides is 1. The summed E-state index contributed by atoms with van der Waals surface area (Å²) >= 11 is 1.28. The van der Waals surface area contributed by atoms with Crippen molar-refractivity contribution in [1.29, 1.82) is 0 Å². The maximum Gasteiger partial charge on any atom is 0.238 e. The van der Waals surface area contributed by atoms with Crippen LogP contribution in [-0.2, 0) is 16.1 Å². The number of nitrogens with zero attached hydrogens (tertiary/aromatic N) is 3. The molecule has 172 valence electrons. The van der Waals surface area contributed by atoms with Crippen molar-refractivity contribution in [3.8, 4) is 11.4 Å². The number of carbonyl (C=O) groups excluding carboxylic acids is 1. The monoisotopic (exact) mass is 470 g/mol. The van der Waals surface area contributed by atoms with Gasteiger partial charge in [-0.05, 0) is 67.6 Å². The molecule has 1 aliphatic heterocycles. The zero-order chi connectivity index (χ0) is 22.8. The smallest absolute Gasteiger partial charge is 0.238 e. The SMILES string of the molecule is O=C(NC1CC1)C(Sc1nnc(-c2ccc(F)cc2)n1CC1CCCO1)c1ccc(F)cc1. The lowest BCUT2D eigenvalue weighted by molar-refractivity contribution is -0.120. The Labute approximate surface area is 194 Å². The van der Waals surface area contributed by atoms with Gasteiger partial charge in [0.15, 0.2) is 11.0 Å². The topological polar surface area (TPSA) is 69.0 Å². The molecule has 1 N–H and O–H groups in total. The van der Waals surface area contributed by atoms with Crippen LogP contribution in [0.2, 0.25) is 0 Å². The van der Waals surface area contributed by atoms with Crippen molar-refractivity contribution >= 4 is 17.7 Å². The molecule has 0 spiro atoms. The Bertz CT molecular complexity index is 1110. The first-order chi connectivity index (χ1) is 16.1. The third-order valence-corrected chi connectivity index (χ3v) is 7.02. The average molecular weight is 471 g/mol. The number of aromatic nitrogens is 3. The fraction of sp³-hybridized carbons (Fsp3) is 0.375. The molecule has 2 aliphatic rings. The van der Waals surface area contributed by atoms with Crippen LogP contribution in [0.4, 0.5) is 8.78 Å². The Morgan fingerprint density at radius 2 is 1.76 bits per heavy atom. The van der Waals surface area contributed by atoms with Crippen LogP contribution in [0.5, 0.6) is 0 Å². The summed E-state index contributed by atoms with van der Waals surface area (Å²) in [6.07, 6.45) is 3.87. The Kier molecular flexibility index (Phi) is 6.41. The molecule has 9 heteroatoms. The van der Waals surface area contributed by atoms with E-state index in [9.17, 15) is 13.6 Å². The summed E-state index contributed by atoms with van der Waals surface area (Å²) in [6, 6.07) is 12.3. The van der Waals surface area contributed by atoms with Crippen LogP contribution in [0, 0.1) is 11.6 Å². The number of rotatable bonds is 8. The fourth-order valence-corrected chi connectivity index (χ4v) is 4.92. The van der Waals surface area contributed by atoms with Gasteiger partial charge in [0.05, 0.1) is 12.6 Å². The predicted octanol–water partition coefficient (Wildman–Crippen LogP) is 4.51. The first kappa shape index (κ1) is 22.0. The third kappa shape index (κ3) is 5.25. The molecule has 1 saturated heterocycles. The van der Waals surface area contributed by atoms with E-state index in [1.807, 2.05) is 4.57 Å². The average Bonchev–Trinajstić information content (AvgIpc) is 3.31. The lowest BCUT2D eigenvalue weighted by Crippen LogP contribution is -2.30. The van der Waals surface area contributed by atoms with Crippen molar-refractivity contribution in [2.45, 2.75) is 54.8 Å². The van der Waals surface area contributed by atoms with Crippen molar-refractivity contribution in [1.82, 2.24) is 20.1 Å². The van der Waals surface area contributed by atoms with E-state index in [0.29, 0.717) is 29.7 Å². The van der Waals surface area contributed by atoms with Crippen LogP contribution in [0.25, 0.3) is 11.4 Å². The summed E-state index contributed by atoms with van der Waals surface area (Å²) in [4.78, 5) is 13.1. The maximum absolute atomic E-state index is 13.5. The first-order valence-corrected chi connectivity index (χ1v) is 12.0. The summed E-state index contributed by atoms with van der Waals surface area (Å²) in [5, 5.41) is 11.8. The highest BCUT2D eigenvalue weighted by Crippen LogP contribution is 2.37. The molecule has 1 aromatic heterocycles. The second-order valence-electron chi connectivity index (χ2n) is 8.39. The van der Waals surface area contributed by atoms with E-state index in [-0.39, 0.29) is 29.7 Å². The number of benzene rings is 2. The zero-order valence-electron chi connectivity index (χ0n) is 17.9. The summed E-state index contributed by atoms with van der Waals surface area (Å²) in [5.41, 5.74) is 1.42. The molecule has 0 radical (unpaired) electrons. The van der Waals surface area contributed by atoms with Crippen LogP contribution in [-0.4, -0.2) is 39.4 Å². The highest BCUT2D eigenvalue weighted by Gasteiger charge is 2.31. The van der Waals surface area contributed by atoms with Gasteiger partial charge in [0.25, 0.3) is 0 Å². The van der Waals surface area contributed by atoms with Gasteiger partial charge in [0.1, 0.15) is 16.9 Å². The number of ether oxygens (including phenoxy) is 1. The third-order valence-electron chi connectivity index (χ3n) is 5.79. The standard InChI is InChI=1S/C24H24F2N4O2S/c25-17-7-3-15(4-8-17)21(23(31)27-19-11-12-19)33-24-29-28-22(16-5-9-18(26)10-6-16)30(24)14-20-2-1-13-32-20/h3-10,19-21H,1-2,11-14H2,(H,27,31). The molecule has 1 aliphatic carbocycles. The van der Waals surface area contributed by atoms with E-state index >= 15 is 0 Å². The molecule has 5 rings (SSSR count). The Morgan fingerprint density at radius 3 is 2.39 bits per heavy atom. The molecule has 2 atom stereocenters. The Balaban J connectivity index is 1.49. The van der Waals surface area contributed by atoms with Crippen molar-refractivity contribution in [3.63, 3.8) is 0 Å². The molecule has 33 heavy (non-hydrogen) atoms. The molecular formula is C24H24F2N4O2S. The summed E-state index contributed by atoms with van der Waals surface area (Å²) in [7, 11) is 0. The van der Waals surface area contributed by atoms with Gasteiger partial charge in [-0.2, -0.15) is 0 Å². The van der Waals surface area contributed by atoms with Gasteiger partial charge in [-0.1, -0.05) is 23.9 Å². The minimum absolute atomic E-state index is 0.0177. The summed E-state index contributed by atoms with van der Waals surface area (Å²) in [6.45, 7) is 1.24. The van der Waals surface area contributed by atoms with Gasteiger partial charge < -0.3 is 10.1 Å². The molecule has 2 heterocycles. The van der Waals surface area contributed by atoms with Crippen molar-refractivity contribution in [3.05, 3.63) is 65.7 Å². The molecule has 6 nitrogen and oxygen atoms in total. The van der Waals surface area contributed by atoms with Gasteiger partial charge in [0, 0.05) is 18.2 Å². The van der Waals surface area contributed by atoms with Crippen molar-refractivity contribution in [2.75, 3.05) is 6.61 Å². The summed E-state index contributed by atoms with van der Waals surface area (Å²) < 4.78 is 34.8. The highest BCUT2D eigenvalue weighted by atomic mass is 32.2. The Hall–Kier alpha value is -2.78. The number of nitrogens with one attached hydrogen (secondary N) is 1. The molecule has 3 aromatic rings. The lowest BCUT2D eigenvalue weighted by atomic mass is 10.1. The van der Waals surface area contributed by atoms with E-state index in [1.54, 1.807) is 24.3 Å². The van der Waals surface area contributed by atoms with E-state index in [1.165, 1.54) is 36.0 Å². The molecule has 2 fully saturated rings. The number of thioether (sulfide) groups is 1. The first-order valence-electron chi connectivity index (χ1n) is 11.1. The van der Waals surface area contributed by atoms with E-state index < -0.39 is 5.25 Å². The predicted molar refractivity (Wildman–Crippen MR) is 121 cm³/mol. The molecule has 0 bridgehead atoms. The normalized spacial score (nSPS) is 18.9. The molecule has 2 aromatic carbocycles. The van der Waals surface area contributed by atoms with E-state index in [0.717, 1.165) is 31.2 Å². The van der Waals surface area contributed by atoms with Crippen LogP contribution in [0.3, 0.4) is 0 Å². The fourth-order valence-electron chi connectivity index (χ4n) is 3.87. The minimum Gasteiger partial charge on any atom is -0.376 e. The largest absolute Gasteiger partial charge is 0.376 e. The molecule has 2 unspecified atom stereocenters. The van der Waals surface area contributed by atoms with Gasteiger partial charge in [-0.3, -0.25) is 9.36 Å². The van der Waals surface area contributed by atoms with Gasteiger partial charge >= 0.3 is 0 Å². The Morgan fingerprint density at radius 1 is 1.06 bits per heavy atom. The number of hydrogen-bond acceptors (Lipinski definition) is 5. The van der Waals surface area contributed by atoms with Crippen molar-refractivity contribution < 1.29 is 18.3 Å². The second-order valence-corrected chi connectivity index (χ2v) is 9.46.